The van der Waals surface area contributed by atoms with E-state index in [0.717, 1.165) is 0 Å². The third-order valence-corrected chi connectivity index (χ3v) is 3.22. The molecule has 4 heteroatoms. The SMILES string of the molecule is O=C(NCC1CCC1)c1ccc(Cl)cc1O. The maximum absolute atomic E-state index is 11.7. The van der Waals surface area contributed by atoms with Crippen LogP contribution in [0.1, 0.15) is 29.6 Å². The van der Waals surface area contributed by atoms with Gasteiger partial charge in [0, 0.05) is 11.6 Å². The van der Waals surface area contributed by atoms with Gasteiger partial charge in [-0.15, -0.1) is 0 Å². The Kier molecular flexibility index (Phi) is 3.34. The molecule has 2 rings (SSSR count). The first-order chi connectivity index (χ1) is 7.66. The summed E-state index contributed by atoms with van der Waals surface area (Å²) in [4.78, 5) is 11.7. The molecule has 1 aromatic carbocycles. The van der Waals surface area contributed by atoms with Crippen molar-refractivity contribution < 1.29 is 9.90 Å². The van der Waals surface area contributed by atoms with Crippen LogP contribution in [0, 0.1) is 5.92 Å². The lowest BCUT2D eigenvalue weighted by atomic mass is 9.85. The van der Waals surface area contributed by atoms with E-state index in [-0.39, 0.29) is 17.2 Å². The van der Waals surface area contributed by atoms with E-state index in [4.69, 9.17) is 11.6 Å². The molecule has 1 aromatic rings. The van der Waals surface area contributed by atoms with E-state index in [9.17, 15) is 9.90 Å². The number of nitrogens with one attached hydrogen (secondary N) is 1. The number of phenols is 1. The molecule has 0 saturated heterocycles. The van der Waals surface area contributed by atoms with E-state index in [1.165, 1.54) is 31.4 Å². The standard InChI is InChI=1S/C12H14ClNO2/c13-9-4-5-10(11(15)6-9)12(16)14-7-8-2-1-3-8/h4-6,8,15H,1-3,7H2,(H,14,16). The number of carbonyl (C=O) groups is 1. The van der Waals surface area contributed by atoms with Crippen molar-refractivity contribution in [3.8, 4) is 5.75 Å². The molecular formula is C12H14ClNO2. The molecular weight excluding hydrogens is 226 g/mol. The summed E-state index contributed by atoms with van der Waals surface area (Å²) in [5.74, 6) is 0.304. The second-order valence-corrected chi connectivity index (χ2v) is 4.60. The summed E-state index contributed by atoms with van der Waals surface area (Å²) in [5.41, 5.74) is 0.281. The molecule has 0 unspecified atom stereocenters. The Hall–Kier alpha value is -1.22. The van der Waals surface area contributed by atoms with Gasteiger partial charge < -0.3 is 10.4 Å². The van der Waals surface area contributed by atoms with Gasteiger partial charge in [-0.2, -0.15) is 0 Å². The normalized spacial score (nSPS) is 15.6. The first-order valence-corrected chi connectivity index (χ1v) is 5.81. The molecule has 1 aliphatic carbocycles. The van der Waals surface area contributed by atoms with Crippen molar-refractivity contribution in [1.29, 1.82) is 0 Å². The van der Waals surface area contributed by atoms with E-state index >= 15 is 0 Å². The van der Waals surface area contributed by atoms with E-state index in [1.54, 1.807) is 6.07 Å². The highest BCUT2D eigenvalue weighted by atomic mass is 35.5. The molecule has 0 atom stereocenters. The van der Waals surface area contributed by atoms with Crippen molar-refractivity contribution in [3.63, 3.8) is 0 Å². The largest absolute Gasteiger partial charge is 0.507 e. The highest BCUT2D eigenvalue weighted by Gasteiger charge is 2.19. The molecule has 16 heavy (non-hydrogen) atoms. The summed E-state index contributed by atoms with van der Waals surface area (Å²) in [6.45, 7) is 0.695. The zero-order valence-corrected chi connectivity index (χ0v) is 9.63. The van der Waals surface area contributed by atoms with E-state index in [1.807, 2.05) is 0 Å². The van der Waals surface area contributed by atoms with Gasteiger partial charge in [-0.1, -0.05) is 18.0 Å². The molecule has 2 N–H and O–H groups in total. The lowest BCUT2D eigenvalue weighted by Gasteiger charge is -2.25. The number of hydrogen-bond acceptors (Lipinski definition) is 2. The number of halogens is 1. The number of phenolic OH excluding ortho intramolecular Hbond substituents is 1. The zero-order valence-electron chi connectivity index (χ0n) is 8.87. The number of carbonyl (C=O) groups excluding carboxylic acids is 1. The highest BCUT2D eigenvalue weighted by molar-refractivity contribution is 6.30. The van der Waals surface area contributed by atoms with Gasteiger partial charge in [0.05, 0.1) is 5.56 Å². The second kappa shape index (κ2) is 4.74. The Morgan fingerprint density at radius 2 is 2.25 bits per heavy atom. The molecule has 3 nitrogen and oxygen atoms in total. The molecule has 0 heterocycles. The Morgan fingerprint density at radius 3 is 2.81 bits per heavy atom. The topological polar surface area (TPSA) is 49.3 Å². The van der Waals surface area contributed by atoms with Crippen molar-refractivity contribution in [2.75, 3.05) is 6.54 Å². The fourth-order valence-electron chi connectivity index (χ4n) is 1.73. The average Bonchev–Trinajstić information content (AvgIpc) is 2.14. The number of amides is 1. The number of benzene rings is 1. The fraction of sp³-hybridized carbons (Fsp3) is 0.417. The Morgan fingerprint density at radius 1 is 1.50 bits per heavy atom. The van der Waals surface area contributed by atoms with Gasteiger partial charge in [-0.05, 0) is 37.0 Å². The quantitative estimate of drug-likeness (QED) is 0.852. The smallest absolute Gasteiger partial charge is 0.255 e. The summed E-state index contributed by atoms with van der Waals surface area (Å²) in [5, 5.41) is 12.8. The third-order valence-electron chi connectivity index (χ3n) is 2.98. The van der Waals surface area contributed by atoms with Gasteiger partial charge in [0.25, 0.3) is 5.91 Å². The van der Waals surface area contributed by atoms with Crippen LogP contribution in [-0.4, -0.2) is 17.6 Å². The van der Waals surface area contributed by atoms with Crippen LogP contribution in [0.4, 0.5) is 0 Å². The first-order valence-electron chi connectivity index (χ1n) is 5.43. The summed E-state index contributed by atoms with van der Waals surface area (Å²) in [7, 11) is 0. The van der Waals surface area contributed by atoms with Crippen molar-refractivity contribution in [1.82, 2.24) is 5.32 Å². The van der Waals surface area contributed by atoms with Crippen LogP contribution in [0.25, 0.3) is 0 Å². The fourth-order valence-corrected chi connectivity index (χ4v) is 1.89. The number of hydrogen-bond donors (Lipinski definition) is 2. The van der Waals surface area contributed by atoms with Gasteiger partial charge in [0.2, 0.25) is 0 Å². The van der Waals surface area contributed by atoms with Gasteiger partial charge in [-0.25, -0.2) is 0 Å². The second-order valence-electron chi connectivity index (χ2n) is 4.17. The van der Waals surface area contributed by atoms with Crippen LogP contribution in [-0.2, 0) is 0 Å². The molecule has 0 radical (unpaired) electrons. The van der Waals surface area contributed by atoms with Crippen LogP contribution >= 0.6 is 11.6 Å². The number of rotatable bonds is 3. The number of aromatic hydroxyl groups is 1. The molecule has 0 spiro atoms. The van der Waals surface area contributed by atoms with Crippen molar-refractivity contribution >= 4 is 17.5 Å². The molecule has 0 bridgehead atoms. The van der Waals surface area contributed by atoms with Crippen LogP contribution in [0.2, 0.25) is 5.02 Å². The summed E-state index contributed by atoms with van der Waals surface area (Å²) in [6.07, 6.45) is 3.63. The average molecular weight is 240 g/mol. The van der Waals surface area contributed by atoms with Crippen LogP contribution in [0.5, 0.6) is 5.75 Å². The molecule has 1 aliphatic rings. The highest BCUT2D eigenvalue weighted by Crippen LogP contribution is 2.26. The Bertz CT molecular complexity index is 402. The minimum absolute atomic E-state index is 0.0707. The Labute approximate surface area is 99.4 Å². The van der Waals surface area contributed by atoms with Gasteiger partial charge in [0.15, 0.2) is 0 Å². The van der Waals surface area contributed by atoms with Gasteiger partial charge >= 0.3 is 0 Å². The minimum Gasteiger partial charge on any atom is -0.507 e. The van der Waals surface area contributed by atoms with Crippen LogP contribution in [0.3, 0.4) is 0 Å². The maximum Gasteiger partial charge on any atom is 0.255 e. The van der Waals surface area contributed by atoms with E-state index in [2.05, 4.69) is 5.32 Å². The minimum atomic E-state index is -0.235. The summed E-state index contributed by atoms with van der Waals surface area (Å²) >= 11 is 5.69. The molecule has 0 aromatic heterocycles. The van der Waals surface area contributed by atoms with Crippen molar-refractivity contribution in [2.24, 2.45) is 5.92 Å². The Balaban J connectivity index is 1.96. The van der Waals surface area contributed by atoms with Crippen molar-refractivity contribution in [3.05, 3.63) is 28.8 Å². The predicted octanol–water partition coefficient (Wildman–Crippen LogP) is 2.58. The molecule has 0 aliphatic heterocycles. The summed E-state index contributed by atoms with van der Waals surface area (Å²) in [6, 6.07) is 4.51. The lowest BCUT2D eigenvalue weighted by molar-refractivity contribution is 0.0936. The maximum atomic E-state index is 11.7. The lowest BCUT2D eigenvalue weighted by Crippen LogP contribution is -2.32. The van der Waals surface area contributed by atoms with E-state index < -0.39 is 0 Å². The third kappa shape index (κ3) is 2.47. The predicted molar refractivity (Wildman–Crippen MR) is 62.8 cm³/mol. The van der Waals surface area contributed by atoms with Gasteiger partial charge in [0.1, 0.15) is 5.75 Å². The first kappa shape index (κ1) is 11.3. The van der Waals surface area contributed by atoms with E-state index in [0.29, 0.717) is 17.5 Å². The van der Waals surface area contributed by atoms with Crippen molar-refractivity contribution in [2.45, 2.75) is 19.3 Å². The molecule has 1 amide bonds. The molecule has 1 fully saturated rings. The van der Waals surface area contributed by atoms with Crippen LogP contribution < -0.4 is 5.32 Å². The monoisotopic (exact) mass is 239 g/mol. The van der Waals surface area contributed by atoms with Gasteiger partial charge in [-0.3, -0.25) is 4.79 Å². The summed E-state index contributed by atoms with van der Waals surface area (Å²) < 4.78 is 0. The molecule has 86 valence electrons. The van der Waals surface area contributed by atoms with Crippen LogP contribution in [0.15, 0.2) is 18.2 Å². The molecule has 1 saturated carbocycles. The zero-order chi connectivity index (χ0) is 11.5.